The second-order valence-corrected chi connectivity index (χ2v) is 6.13. The maximum Gasteiger partial charge on any atom is 0.268 e. The maximum absolute atomic E-state index is 12.6. The fraction of sp³-hybridized carbons (Fsp3) is 0.333. The van der Waals surface area contributed by atoms with Crippen LogP contribution in [0.3, 0.4) is 0 Å². The number of nitrogens with zero attached hydrogens (tertiary/aromatic N) is 2. The minimum Gasteiger partial charge on any atom is -0.497 e. The topological polar surface area (TPSA) is 71.9 Å². The van der Waals surface area contributed by atoms with E-state index in [1.165, 1.54) is 0 Å². The van der Waals surface area contributed by atoms with E-state index in [9.17, 15) is 4.79 Å². The molecule has 0 aliphatic rings. The minimum atomic E-state index is -0.0903. The number of amides is 1. The van der Waals surface area contributed by atoms with Crippen LogP contribution < -0.4 is 10.1 Å². The highest BCUT2D eigenvalue weighted by molar-refractivity contribution is 5.99. The van der Waals surface area contributed by atoms with E-state index in [1.807, 2.05) is 55.8 Å². The molecule has 3 aromatic rings. The summed E-state index contributed by atoms with van der Waals surface area (Å²) >= 11 is 0. The molecular weight excluding hydrogens is 304 g/mol. The quantitative estimate of drug-likeness (QED) is 0.757. The van der Waals surface area contributed by atoms with Crippen molar-refractivity contribution in [2.24, 2.45) is 7.05 Å². The molecule has 3 rings (SSSR count). The molecule has 0 saturated carbocycles. The number of hydrogen-bond acceptors (Lipinski definition) is 3. The van der Waals surface area contributed by atoms with Crippen molar-refractivity contribution in [3.63, 3.8) is 0 Å². The number of methoxy groups -OCH3 is 1. The molecule has 6 heteroatoms. The summed E-state index contributed by atoms with van der Waals surface area (Å²) in [4.78, 5) is 12.6. The maximum atomic E-state index is 12.6. The van der Waals surface area contributed by atoms with Crippen molar-refractivity contribution in [3.8, 4) is 5.75 Å². The second-order valence-electron chi connectivity index (χ2n) is 6.13. The molecule has 0 radical (unpaired) electrons. The lowest BCUT2D eigenvalue weighted by Gasteiger charge is -2.13. The van der Waals surface area contributed by atoms with Crippen LogP contribution in [0.4, 0.5) is 0 Å². The average molecular weight is 326 g/mol. The highest BCUT2D eigenvalue weighted by atomic mass is 16.5. The summed E-state index contributed by atoms with van der Waals surface area (Å²) in [7, 11) is 3.53. The third-order valence-electron chi connectivity index (χ3n) is 4.13. The SMILES string of the molecule is COc1ccc2c(c1)cc(C(=O)NC(C)Cc1cc(C)[nH]n1)n2C. The molecule has 0 saturated heterocycles. The lowest BCUT2D eigenvalue weighted by Crippen LogP contribution is -2.35. The van der Waals surface area contributed by atoms with Crippen LogP contribution in [0.1, 0.15) is 28.8 Å². The number of hydrogen-bond donors (Lipinski definition) is 2. The van der Waals surface area contributed by atoms with E-state index < -0.39 is 0 Å². The third-order valence-corrected chi connectivity index (χ3v) is 4.13. The van der Waals surface area contributed by atoms with Crippen LogP contribution in [0.5, 0.6) is 5.75 Å². The highest BCUT2D eigenvalue weighted by Gasteiger charge is 2.16. The zero-order chi connectivity index (χ0) is 17.3. The van der Waals surface area contributed by atoms with Gasteiger partial charge in [0.15, 0.2) is 0 Å². The van der Waals surface area contributed by atoms with Gasteiger partial charge >= 0.3 is 0 Å². The Morgan fingerprint density at radius 1 is 1.38 bits per heavy atom. The molecule has 24 heavy (non-hydrogen) atoms. The smallest absolute Gasteiger partial charge is 0.268 e. The van der Waals surface area contributed by atoms with Gasteiger partial charge in [0.25, 0.3) is 5.91 Å². The molecule has 0 aliphatic heterocycles. The minimum absolute atomic E-state index is 0.00671. The molecule has 1 atom stereocenters. The summed E-state index contributed by atoms with van der Waals surface area (Å²) in [5.41, 5.74) is 3.59. The van der Waals surface area contributed by atoms with Gasteiger partial charge in [-0.3, -0.25) is 9.89 Å². The van der Waals surface area contributed by atoms with Gasteiger partial charge in [-0.2, -0.15) is 5.10 Å². The van der Waals surface area contributed by atoms with Crippen molar-refractivity contribution >= 4 is 16.8 Å². The van der Waals surface area contributed by atoms with Crippen LogP contribution in [0, 0.1) is 6.92 Å². The van der Waals surface area contributed by atoms with Gasteiger partial charge < -0.3 is 14.6 Å². The molecule has 126 valence electrons. The van der Waals surface area contributed by atoms with Crippen molar-refractivity contribution in [2.75, 3.05) is 7.11 Å². The van der Waals surface area contributed by atoms with Gasteiger partial charge in [-0.05, 0) is 44.2 Å². The van der Waals surface area contributed by atoms with Crippen LogP contribution in [0.25, 0.3) is 10.9 Å². The molecule has 2 heterocycles. The number of aryl methyl sites for hydroxylation is 2. The van der Waals surface area contributed by atoms with E-state index in [-0.39, 0.29) is 11.9 Å². The largest absolute Gasteiger partial charge is 0.497 e. The molecule has 0 bridgehead atoms. The van der Waals surface area contributed by atoms with Crippen LogP contribution >= 0.6 is 0 Å². The molecule has 6 nitrogen and oxygen atoms in total. The van der Waals surface area contributed by atoms with Crippen molar-refractivity contribution < 1.29 is 9.53 Å². The summed E-state index contributed by atoms with van der Waals surface area (Å²) in [6.07, 6.45) is 0.688. The Morgan fingerprint density at radius 2 is 2.17 bits per heavy atom. The van der Waals surface area contributed by atoms with Gasteiger partial charge in [-0.25, -0.2) is 0 Å². The van der Waals surface area contributed by atoms with Gasteiger partial charge in [0.1, 0.15) is 11.4 Å². The number of H-pyrrole nitrogens is 1. The Hall–Kier alpha value is -2.76. The fourth-order valence-corrected chi connectivity index (χ4v) is 2.91. The molecule has 1 aromatic carbocycles. The number of aromatic nitrogens is 3. The average Bonchev–Trinajstić information content (AvgIpc) is 3.10. The molecule has 0 aliphatic carbocycles. The van der Waals surface area contributed by atoms with Gasteiger partial charge in [0.2, 0.25) is 0 Å². The predicted octanol–water partition coefficient (Wildman–Crippen LogP) is 2.58. The van der Waals surface area contributed by atoms with E-state index in [0.717, 1.165) is 28.0 Å². The first-order valence-corrected chi connectivity index (χ1v) is 7.93. The van der Waals surface area contributed by atoms with Crippen molar-refractivity contribution in [1.29, 1.82) is 0 Å². The van der Waals surface area contributed by atoms with Crippen LogP contribution in [0.15, 0.2) is 30.3 Å². The number of rotatable bonds is 5. The summed E-state index contributed by atoms with van der Waals surface area (Å²) in [6.45, 7) is 3.94. The van der Waals surface area contributed by atoms with E-state index in [0.29, 0.717) is 12.1 Å². The normalized spacial score (nSPS) is 12.3. The standard InChI is InChI=1S/C18H22N4O2/c1-11(7-14-8-12(2)20-21-14)19-18(23)17-10-13-9-15(24-4)5-6-16(13)22(17)3/h5-6,8-11H,7H2,1-4H3,(H,19,23)(H,20,21). The number of nitrogens with one attached hydrogen (secondary N) is 2. The van der Waals surface area contributed by atoms with Crippen molar-refractivity contribution in [1.82, 2.24) is 20.1 Å². The number of aromatic amines is 1. The van der Waals surface area contributed by atoms with Gasteiger partial charge in [-0.15, -0.1) is 0 Å². The van der Waals surface area contributed by atoms with Crippen LogP contribution in [-0.2, 0) is 13.5 Å². The molecular formula is C18H22N4O2. The molecule has 1 amide bonds. The van der Waals surface area contributed by atoms with E-state index in [2.05, 4.69) is 15.5 Å². The van der Waals surface area contributed by atoms with E-state index in [4.69, 9.17) is 4.74 Å². The number of benzene rings is 1. The number of carbonyl (C=O) groups excluding carboxylic acids is 1. The van der Waals surface area contributed by atoms with Crippen molar-refractivity contribution in [2.45, 2.75) is 26.3 Å². The predicted molar refractivity (Wildman–Crippen MR) is 93.4 cm³/mol. The van der Waals surface area contributed by atoms with Crippen molar-refractivity contribution in [3.05, 3.63) is 47.4 Å². The zero-order valence-corrected chi connectivity index (χ0v) is 14.4. The summed E-state index contributed by atoms with van der Waals surface area (Å²) < 4.78 is 7.14. The Balaban J connectivity index is 1.76. The third kappa shape index (κ3) is 3.13. The van der Waals surface area contributed by atoms with Crippen LogP contribution in [-0.4, -0.2) is 33.8 Å². The number of fused-ring (bicyclic) bond motifs is 1. The molecule has 0 fully saturated rings. The molecule has 2 N–H and O–H groups in total. The molecule has 0 spiro atoms. The first kappa shape index (κ1) is 16.1. The summed E-state index contributed by atoms with van der Waals surface area (Å²) in [6, 6.07) is 9.66. The summed E-state index contributed by atoms with van der Waals surface area (Å²) in [5.74, 6) is 0.690. The zero-order valence-electron chi connectivity index (χ0n) is 14.4. The van der Waals surface area contributed by atoms with Gasteiger partial charge in [0.05, 0.1) is 12.8 Å². The Labute approximate surface area is 140 Å². The summed E-state index contributed by atoms with van der Waals surface area (Å²) in [5, 5.41) is 11.2. The first-order chi connectivity index (χ1) is 11.5. The number of carbonyl (C=O) groups is 1. The van der Waals surface area contributed by atoms with Gasteiger partial charge in [0, 0.05) is 36.1 Å². The highest BCUT2D eigenvalue weighted by Crippen LogP contribution is 2.23. The Morgan fingerprint density at radius 3 is 2.83 bits per heavy atom. The van der Waals surface area contributed by atoms with E-state index in [1.54, 1.807) is 7.11 Å². The molecule has 2 aromatic heterocycles. The Bertz CT molecular complexity index is 878. The fourth-order valence-electron chi connectivity index (χ4n) is 2.91. The first-order valence-electron chi connectivity index (χ1n) is 7.93. The second kappa shape index (κ2) is 6.39. The van der Waals surface area contributed by atoms with Gasteiger partial charge in [-0.1, -0.05) is 0 Å². The monoisotopic (exact) mass is 326 g/mol. The van der Waals surface area contributed by atoms with E-state index >= 15 is 0 Å². The number of ether oxygens (including phenoxy) is 1. The lowest BCUT2D eigenvalue weighted by molar-refractivity contribution is 0.0932. The Kier molecular flexibility index (Phi) is 4.29. The lowest BCUT2D eigenvalue weighted by atomic mass is 10.1. The molecule has 1 unspecified atom stereocenters. The van der Waals surface area contributed by atoms with Crippen LogP contribution in [0.2, 0.25) is 0 Å².